The van der Waals surface area contributed by atoms with Crippen molar-refractivity contribution in [1.29, 1.82) is 0 Å². The van der Waals surface area contributed by atoms with Crippen LogP contribution in [0.3, 0.4) is 0 Å². The standard InChI is InChI=1S/C27H32BrNO9/c1-26(2,3)37-23(32)29(24(33)38-27(4,5)6)21(22(30)31)15-17-11-13-19(14-12-17)36-25(34)35-16-18-9-7-8-10-20(18)28/h7-14,21H,15-16H2,1-6H3,(H,30,31)/t21-/m0/s1. The first-order chi connectivity index (χ1) is 17.6. The average Bonchev–Trinajstić information content (AvgIpc) is 2.76. The van der Waals surface area contributed by atoms with Crippen molar-refractivity contribution in [3.05, 3.63) is 64.1 Å². The summed E-state index contributed by atoms with van der Waals surface area (Å²) in [5.41, 5.74) is -0.752. The monoisotopic (exact) mass is 593 g/mol. The van der Waals surface area contributed by atoms with E-state index >= 15 is 0 Å². The van der Waals surface area contributed by atoms with E-state index in [-0.39, 0.29) is 18.8 Å². The van der Waals surface area contributed by atoms with Gasteiger partial charge in [-0.25, -0.2) is 19.2 Å². The minimum atomic E-state index is -1.62. The first kappa shape index (κ1) is 30.6. The second-order valence-corrected chi connectivity index (χ2v) is 11.1. The number of nitrogens with zero attached hydrogens (tertiary/aromatic N) is 1. The Hall–Kier alpha value is -3.60. The van der Waals surface area contributed by atoms with Crippen molar-refractivity contribution in [3.8, 4) is 5.75 Å². The van der Waals surface area contributed by atoms with Crippen molar-refractivity contribution in [2.75, 3.05) is 0 Å². The average molecular weight is 594 g/mol. The Kier molecular flexibility index (Phi) is 10.3. The first-order valence-corrected chi connectivity index (χ1v) is 12.5. The van der Waals surface area contributed by atoms with E-state index in [4.69, 9.17) is 18.9 Å². The number of carboxylic acids is 1. The summed E-state index contributed by atoms with van der Waals surface area (Å²) in [5.74, 6) is -1.27. The van der Waals surface area contributed by atoms with Crippen molar-refractivity contribution >= 4 is 40.2 Å². The number of aliphatic carboxylic acids is 1. The molecule has 0 aliphatic heterocycles. The lowest BCUT2D eigenvalue weighted by Gasteiger charge is -2.31. The molecule has 1 N–H and O–H groups in total. The minimum absolute atomic E-state index is 0.00377. The van der Waals surface area contributed by atoms with Gasteiger partial charge in [0.25, 0.3) is 0 Å². The van der Waals surface area contributed by atoms with Gasteiger partial charge in [-0.3, -0.25) is 0 Å². The van der Waals surface area contributed by atoms with Crippen LogP contribution < -0.4 is 4.74 Å². The van der Waals surface area contributed by atoms with Crippen LogP contribution in [0, 0.1) is 0 Å². The highest BCUT2D eigenvalue weighted by molar-refractivity contribution is 9.10. The largest absolute Gasteiger partial charge is 0.514 e. The molecule has 38 heavy (non-hydrogen) atoms. The van der Waals surface area contributed by atoms with Crippen LogP contribution in [0.15, 0.2) is 53.0 Å². The van der Waals surface area contributed by atoms with Gasteiger partial charge < -0.3 is 24.1 Å². The maximum absolute atomic E-state index is 12.8. The zero-order valence-corrected chi connectivity index (χ0v) is 23.7. The van der Waals surface area contributed by atoms with Crippen molar-refractivity contribution in [3.63, 3.8) is 0 Å². The van der Waals surface area contributed by atoms with E-state index in [1.165, 1.54) is 24.3 Å². The summed E-state index contributed by atoms with van der Waals surface area (Å²) in [6, 6.07) is 11.5. The summed E-state index contributed by atoms with van der Waals surface area (Å²) in [4.78, 5) is 50.4. The molecule has 0 heterocycles. The van der Waals surface area contributed by atoms with Gasteiger partial charge in [-0.05, 0) is 65.3 Å². The summed E-state index contributed by atoms with van der Waals surface area (Å²) in [6.07, 6.45) is -3.46. The van der Waals surface area contributed by atoms with Crippen LogP contribution in [-0.2, 0) is 32.0 Å². The molecule has 2 aromatic rings. The number of hydrogen-bond acceptors (Lipinski definition) is 8. The zero-order valence-electron chi connectivity index (χ0n) is 22.1. The number of amides is 2. The molecule has 0 spiro atoms. The Bertz CT molecular complexity index is 1120. The van der Waals surface area contributed by atoms with E-state index in [9.17, 15) is 24.3 Å². The molecule has 0 fully saturated rings. The summed E-state index contributed by atoms with van der Waals surface area (Å²) >= 11 is 3.37. The lowest BCUT2D eigenvalue weighted by molar-refractivity contribution is -0.143. The van der Waals surface area contributed by atoms with Crippen LogP contribution in [0.5, 0.6) is 5.75 Å². The predicted molar refractivity (Wildman–Crippen MR) is 141 cm³/mol. The molecule has 2 aromatic carbocycles. The highest BCUT2D eigenvalue weighted by Gasteiger charge is 2.40. The van der Waals surface area contributed by atoms with Gasteiger partial charge in [-0.2, -0.15) is 4.90 Å². The lowest BCUT2D eigenvalue weighted by Crippen LogP contribution is -2.52. The van der Waals surface area contributed by atoms with Crippen LogP contribution >= 0.6 is 15.9 Å². The normalized spacial score (nSPS) is 12.2. The molecule has 0 aliphatic rings. The lowest BCUT2D eigenvalue weighted by atomic mass is 10.0. The summed E-state index contributed by atoms with van der Waals surface area (Å²) in [6.45, 7) is 9.57. The molecule has 0 radical (unpaired) electrons. The molecular weight excluding hydrogens is 562 g/mol. The van der Waals surface area contributed by atoms with E-state index in [1.807, 2.05) is 18.2 Å². The third-order valence-corrected chi connectivity index (χ3v) is 5.41. The summed E-state index contributed by atoms with van der Waals surface area (Å²) in [7, 11) is 0. The van der Waals surface area contributed by atoms with E-state index in [2.05, 4.69) is 15.9 Å². The fourth-order valence-electron chi connectivity index (χ4n) is 3.03. The number of benzene rings is 2. The Labute approximate surface area is 229 Å². The van der Waals surface area contributed by atoms with Crippen LogP contribution in [0.1, 0.15) is 52.7 Å². The predicted octanol–water partition coefficient (Wildman–Crippen LogP) is 6.33. The van der Waals surface area contributed by atoms with E-state index in [1.54, 1.807) is 47.6 Å². The van der Waals surface area contributed by atoms with Crippen LogP contribution in [0.2, 0.25) is 0 Å². The Morgan fingerprint density at radius 2 is 1.39 bits per heavy atom. The molecule has 0 aliphatic carbocycles. The topological polar surface area (TPSA) is 129 Å². The van der Waals surface area contributed by atoms with Gasteiger partial charge in [-0.1, -0.05) is 46.3 Å². The molecule has 10 nitrogen and oxygen atoms in total. The second-order valence-electron chi connectivity index (χ2n) is 10.3. The molecule has 0 saturated carbocycles. The molecular formula is C27H32BrNO9. The molecule has 206 valence electrons. The molecule has 0 aromatic heterocycles. The van der Waals surface area contributed by atoms with Gasteiger partial charge in [0.1, 0.15) is 29.6 Å². The second kappa shape index (κ2) is 12.8. The van der Waals surface area contributed by atoms with Crippen molar-refractivity contribution in [2.24, 2.45) is 0 Å². The van der Waals surface area contributed by atoms with Gasteiger partial charge in [0.2, 0.25) is 0 Å². The number of carbonyl (C=O) groups is 4. The van der Waals surface area contributed by atoms with Gasteiger partial charge in [0, 0.05) is 16.5 Å². The Morgan fingerprint density at radius 1 is 0.868 bits per heavy atom. The molecule has 1 atom stereocenters. The minimum Gasteiger partial charge on any atom is -0.480 e. The van der Waals surface area contributed by atoms with Crippen LogP contribution in [0.4, 0.5) is 14.4 Å². The zero-order chi connectivity index (χ0) is 28.7. The SMILES string of the molecule is CC(C)(C)OC(=O)N(C(=O)OC(C)(C)C)[C@@H](Cc1ccc(OC(=O)OCc2ccccc2Br)cc1)C(=O)O. The smallest absolute Gasteiger partial charge is 0.480 e. The number of rotatable bonds is 7. The third-order valence-electron chi connectivity index (χ3n) is 4.63. The van der Waals surface area contributed by atoms with Crippen molar-refractivity contribution in [2.45, 2.75) is 71.8 Å². The molecule has 0 saturated heterocycles. The number of imide groups is 1. The Morgan fingerprint density at radius 3 is 1.87 bits per heavy atom. The molecule has 2 amide bonds. The van der Waals surface area contributed by atoms with Crippen molar-refractivity contribution < 1.29 is 43.2 Å². The van der Waals surface area contributed by atoms with Crippen LogP contribution in [-0.4, -0.2) is 51.6 Å². The third kappa shape index (κ3) is 10.0. The highest BCUT2D eigenvalue weighted by Crippen LogP contribution is 2.22. The maximum Gasteiger partial charge on any atom is 0.514 e. The number of carboxylic acid groups (broad SMARTS) is 1. The molecule has 0 bridgehead atoms. The van der Waals surface area contributed by atoms with E-state index < -0.39 is 41.6 Å². The van der Waals surface area contributed by atoms with Gasteiger partial charge in [0.15, 0.2) is 0 Å². The summed E-state index contributed by atoms with van der Waals surface area (Å²) in [5, 5.41) is 9.90. The van der Waals surface area contributed by atoms with Gasteiger partial charge >= 0.3 is 24.3 Å². The fourth-order valence-corrected chi connectivity index (χ4v) is 3.43. The fraction of sp³-hybridized carbons (Fsp3) is 0.407. The number of ether oxygens (including phenoxy) is 4. The van der Waals surface area contributed by atoms with E-state index in [0.717, 1.165) is 10.0 Å². The first-order valence-electron chi connectivity index (χ1n) is 11.7. The van der Waals surface area contributed by atoms with Gasteiger partial charge in [-0.15, -0.1) is 0 Å². The number of carbonyl (C=O) groups excluding carboxylic acids is 3. The van der Waals surface area contributed by atoms with Crippen molar-refractivity contribution in [1.82, 2.24) is 4.90 Å². The Balaban J connectivity index is 2.15. The number of halogens is 1. The highest BCUT2D eigenvalue weighted by atomic mass is 79.9. The van der Waals surface area contributed by atoms with E-state index in [0.29, 0.717) is 10.5 Å². The number of hydrogen-bond donors (Lipinski definition) is 1. The molecule has 11 heteroatoms. The molecule has 0 unspecified atom stereocenters. The van der Waals surface area contributed by atoms with Crippen LogP contribution in [0.25, 0.3) is 0 Å². The quantitative estimate of drug-likeness (QED) is 0.222. The van der Waals surface area contributed by atoms with Gasteiger partial charge in [0.05, 0.1) is 0 Å². The molecule has 2 rings (SSSR count). The maximum atomic E-state index is 12.8. The summed E-state index contributed by atoms with van der Waals surface area (Å²) < 4.78 is 21.6.